The minimum Gasteiger partial charge on any atom is -0.467 e. The molecule has 2 atom stereocenters. The maximum atomic E-state index is 13.3. The lowest BCUT2D eigenvalue weighted by atomic mass is 9.93. The average molecular weight is 514 g/mol. The number of aromatic nitrogens is 2. The summed E-state index contributed by atoms with van der Waals surface area (Å²) in [5.74, 6) is -0.910. The van der Waals surface area contributed by atoms with Gasteiger partial charge in [-0.15, -0.1) is 11.6 Å². The topological polar surface area (TPSA) is 73.3 Å². The lowest BCUT2D eigenvalue weighted by Gasteiger charge is -2.25. The van der Waals surface area contributed by atoms with Crippen LogP contribution in [0, 0.1) is 6.92 Å². The third-order valence-corrected chi connectivity index (χ3v) is 6.91. The van der Waals surface area contributed by atoms with Gasteiger partial charge in [-0.25, -0.2) is 8.78 Å². The van der Waals surface area contributed by atoms with E-state index in [0.29, 0.717) is 16.8 Å². The first-order valence-corrected chi connectivity index (χ1v) is 11.5. The van der Waals surface area contributed by atoms with Crippen LogP contribution in [0.1, 0.15) is 43.6 Å². The van der Waals surface area contributed by atoms with Gasteiger partial charge in [-0.3, -0.25) is 4.79 Å². The highest BCUT2D eigenvalue weighted by Gasteiger charge is 2.43. The number of allylic oxidation sites excluding steroid dienone is 6. The molecule has 1 aromatic heterocycles. The number of methoxy groups -OCH3 is 2. The van der Waals surface area contributed by atoms with Crippen molar-refractivity contribution in [3.63, 3.8) is 0 Å². The molecule has 1 heterocycles. The van der Waals surface area contributed by atoms with Crippen molar-refractivity contribution in [2.45, 2.75) is 51.0 Å². The van der Waals surface area contributed by atoms with Crippen LogP contribution in [0.15, 0.2) is 34.4 Å². The predicted molar refractivity (Wildman–Crippen MR) is 129 cm³/mol. The summed E-state index contributed by atoms with van der Waals surface area (Å²) in [5, 5.41) is 2.80. The molecule has 0 saturated carbocycles. The van der Waals surface area contributed by atoms with E-state index in [0.717, 1.165) is 54.3 Å². The maximum Gasteiger partial charge on any atom is 0.317 e. The molecule has 0 spiro atoms. The Morgan fingerprint density at radius 1 is 1.24 bits per heavy atom. The Labute approximate surface area is 207 Å². The van der Waals surface area contributed by atoms with Gasteiger partial charge in [-0.2, -0.15) is 9.97 Å². The molecule has 1 N–H and O–H groups in total. The van der Waals surface area contributed by atoms with Crippen LogP contribution in [0.3, 0.4) is 0 Å². The van der Waals surface area contributed by atoms with Gasteiger partial charge in [0.25, 0.3) is 12.3 Å². The van der Waals surface area contributed by atoms with Gasteiger partial charge in [0.2, 0.25) is 5.60 Å². The van der Waals surface area contributed by atoms with E-state index in [1.54, 1.807) is 12.2 Å². The second kappa shape index (κ2) is 10.5. The van der Waals surface area contributed by atoms with Gasteiger partial charge in [-0.1, -0.05) is 29.8 Å². The number of rotatable bonds is 8. The van der Waals surface area contributed by atoms with Crippen molar-refractivity contribution < 1.29 is 23.0 Å². The van der Waals surface area contributed by atoms with E-state index in [-0.39, 0.29) is 12.6 Å². The molecule has 6 nitrogen and oxygen atoms in total. The van der Waals surface area contributed by atoms with E-state index < -0.39 is 23.3 Å². The molecule has 1 aromatic rings. The molecular formula is C24H27Cl2F2N3O3. The van der Waals surface area contributed by atoms with Crippen LogP contribution in [-0.2, 0) is 9.53 Å². The zero-order valence-electron chi connectivity index (χ0n) is 19.6. The number of nitrogens with one attached hydrogen (secondary N) is 1. The summed E-state index contributed by atoms with van der Waals surface area (Å²) in [4.78, 5) is 21.4. The average Bonchev–Trinajstić information content (AvgIpc) is 3.18. The number of nitrogens with zero attached hydrogens (tertiary/aromatic N) is 2. The lowest BCUT2D eigenvalue weighted by Crippen LogP contribution is -2.51. The van der Waals surface area contributed by atoms with Gasteiger partial charge >= 0.3 is 6.01 Å². The molecule has 0 aromatic carbocycles. The Hall–Kier alpha value is -2.29. The fourth-order valence-electron chi connectivity index (χ4n) is 3.77. The molecule has 10 heteroatoms. The van der Waals surface area contributed by atoms with Gasteiger partial charge < -0.3 is 14.8 Å². The summed E-state index contributed by atoms with van der Waals surface area (Å²) in [6, 6.07) is 0.203. The zero-order valence-corrected chi connectivity index (χ0v) is 21.2. The number of amides is 1. The van der Waals surface area contributed by atoms with Crippen molar-refractivity contribution in [1.29, 1.82) is 0 Å². The maximum absolute atomic E-state index is 13.3. The Morgan fingerprint density at radius 3 is 2.50 bits per heavy atom. The van der Waals surface area contributed by atoms with Crippen molar-refractivity contribution in [3.05, 3.63) is 51.4 Å². The number of carbonyl (C=O) groups is 1. The van der Waals surface area contributed by atoms with Crippen LogP contribution in [0.25, 0.3) is 11.1 Å². The Balaban J connectivity index is 1.90. The fourth-order valence-corrected chi connectivity index (χ4v) is 4.25. The molecule has 0 bridgehead atoms. The molecule has 0 radical (unpaired) electrons. The van der Waals surface area contributed by atoms with Crippen LogP contribution in [-0.4, -0.2) is 54.0 Å². The molecule has 3 rings (SSSR count). The minimum absolute atomic E-state index is 0.0129. The zero-order chi connectivity index (χ0) is 25.2. The second-order valence-electron chi connectivity index (χ2n) is 8.33. The van der Waals surface area contributed by atoms with E-state index in [2.05, 4.69) is 15.3 Å². The molecule has 2 aliphatic rings. The summed E-state index contributed by atoms with van der Waals surface area (Å²) in [7, 11) is 2.56. The van der Waals surface area contributed by atoms with E-state index in [4.69, 9.17) is 32.7 Å². The fraction of sp³-hybridized carbons (Fsp3) is 0.458. The third-order valence-electron chi connectivity index (χ3n) is 6.06. The predicted octanol–water partition coefficient (Wildman–Crippen LogP) is 5.20. The van der Waals surface area contributed by atoms with Crippen LogP contribution in [0.4, 0.5) is 8.78 Å². The number of hydrogen-bond acceptors (Lipinski definition) is 5. The smallest absolute Gasteiger partial charge is 0.317 e. The Kier molecular flexibility index (Phi) is 8.16. The lowest BCUT2D eigenvalue weighted by molar-refractivity contribution is -0.160. The molecule has 2 aliphatic carbocycles. The summed E-state index contributed by atoms with van der Waals surface area (Å²) in [5.41, 5.74) is 3.35. The highest BCUT2D eigenvalue weighted by atomic mass is 35.5. The van der Waals surface area contributed by atoms with Crippen molar-refractivity contribution in [1.82, 2.24) is 15.3 Å². The van der Waals surface area contributed by atoms with E-state index in [1.807, 2.05) is 19.9 Å². The normalized spacial score (nSPS) is 20.1. The SMILES string of the molecule is COc1nc(C2=CC(C)=C(Cl)CC2)c(C)c(C2=CC(CNC(=O)[C@@](C)(OC)C(F)F)=CC2Cl)n1. The molecule has 1 amide bonds. The minimum atomic E-state index is -2.97. The van der Waals surface area contributed by atoms with Crippen molar-refractivity contribution >= 4 is 40.3 Å². The van der Waals surface area contributed by atoms with Crippen molar-refractivity contribution in [3.8, 4) is 6.01 Å². The first-order chi connectivity index (χ1) is 16.0. The highest BCUT2D eigenvalue weighted by Crippen LogP contribution is 2.38. The van der Waals surface area contributed by atoms with E-state index in [9.17, 15) is 13.6 Å². The molecule has 34 heavy (non-hydrogen) atoms. The molecule has 0 aliphatic heterocycles. The quantitative estimate of drug-likeness (QED) is 0.483. The molecule has 184 valence electrons. The summed E-state index contributed by atoms with van der Waals surface area (Å²) in [6.07, 6.45) is 4.04. The number of carbonyl (C=O) groups excluding carboxylic acids is 1. The Bertz CT molecular complexity index is 1110. The number of alkyl halides is 3. The van der Waals surface area contributed by atoms with Crippen LogP contribution >= 0.6 is 23.2 Å². The largest absolute Gasteiger partial charge is 0.467 e. The molecule has 0 fully saturated rings. The number of halogens is 4. The van der Waals surface area contributed by atoms with Crippen molar-refractivity contribution in [2.75, 3.05) is 20.8 Å². The Morgan fingerprint density at radius 2 is 1.91 bits per heavy atom. The van der Waals surface area contributed by atoms with Gasteiger partial charge in [0.1, 0.15) is 0 Å². The van der Waals surface area contributed by atoms with Gasteiger partial charge in [0, 0.05) is 29.8 Å². The summed E-state index contributed by atoms with van der Waals surface area (Å²) < 4.78 is 36.6. The number of ether oxygens (including phenoxy) is 2. The second-order valence-corrected chi connectivity index (χ2v) is 9.25. The summed E-state index contributed by atoms with van der Waals surface area (Å²) >= 11 is 12.9. The van der Waals surface area contributed by atoms with Gasteiger partial charge in [0.05, 0.1) is 23.9 Å². The number of hydrogen-bond donors (Lipinski definition) is 1. The summed E-state index contributed by atoms with van der Waals surface area (Å²) in [6.45, 7) is 4.93. The molecule has 1 unspecified atom stereocenters. The van der Waals surface area contributed by atoms with Gasteiger partial charge in [-0.05, 0) is 50.3 Å². The standard InChI is InChI=1S/C24H27Cl2F2N3O3/c1-12-8-15(6-7-17(12)25)19-13(2)20(31-23(30-19)33-4)16-9-14(10-18(16)26)11-29-22(32)24(3,34-5)21(27)28/h8-10,18,21H,6-7,11H2,1-5H3,(H,29,32)/t18?,24-/m0/s1. The highest BCUT2D eigenvalue weighted by molar-refractivity contribution is 6.30. The molecule has 0 saturated heterocycles. The van der Waals surface area contributed by atoms with Crippen LogP contribution in [0.2, 0.25) is 0 Å². The first-order valence-electron chi connectivity index (χ1n) is 10.7. The van der Waals surface area contributed by atoms with E-state index in [1.165, 1.54) is 7.11 Å². The van der Waals surface area contributed by atoms with Crippen LogP contribution < -0.4 is 10.1 Å². The first kappa shape index (κ1) is 26.3. The van der Waals surface area contributed by atoms with E-state index >= 15 is 0 Å². The monoisotopic (exact) mass is 513 g/mol. The van der Waals surface area contributed by atoms with Crippen molar-refractivity contribution in [2.24, 2.45) is 0 Å². The molecular weight excluding hydrogens is 487 g/mol. The third kappa shape index (κ3) is 5.19. The van der Waals surface area contributed by atoms with Gasteiger partial charge in [0.15, 0.2) is 0 Å². The van der Waals surface area contributed by atoms with Crippen LogP contribution in [0.5, 0.6) is 6.01 Å².